The molecule has 4 rings (SSSR count). The van der Waals surface area contributed by atoms with E-state index in [-0.39, 0.29) is 12.1 Å². The monoisotopic (exact) mass is 392 g/mol. The van der Waals surface area contributed by atoms with E-state index in [0.29, 0.717) is 0 Å². The Morgan fingerprint density at radius 2 is 0.733 bits per heavy atom. The van der Waals surface area contributed by atoms with Crippen LogP contribution in [0.5, 0.6) is 0 Å². The SMILES string of the molecule is NC(=O)N(C(c1ccccc1)c1ccccc1)C(c1ccccc1)c1ccccc1. The van der Waals surface area contributed by atoms with Gasteiger partial charge in [-0.05, 0) is 22.3 Å². The number of hydrogen-bond donors (Lipinski definition) is 1. The molecule has 4 aromatic rings. The van der Waals surface area contributed by atoms with Gasteiger partial charge in [-0.25, -0.2) is 4.79 Å². The maximum Gasteiger partial charge on any atom is 0.316 e. The Bertz CT molecular complexity index is 905. The van der Waals surface area contributed by atoms with Gasteiger partial charge in [0, 0.05) is 0 Å². The number of nitrogens with zero attached hydrogens (tertiary/aromatic N) is 1. The van der Waals surface area contributed by atoms with Gasteiger partial charge in [0.15, 0.2) is 0 Å². The first-order valence-corrected chi connectivity index (χ1v) is 10.0. The van der Waals surface area contributed by atoms with Crippen LogP contribution in [0.15, 0.2) is 121 Å². The second-order valence-electron chi connectivity index (χ2n) is 7.19. The molecular weight excluding hydrogens is 368 g/mol. The molecule has 3 nitrogen and oxygen atoms in total. The lowest BCUT2D eigenvalue weighted by Gasteiger charge is -2.38. The maximum atomic E-state index is 13.0. The highest BCUT2D eigenvalue weighted by Gasteiger charge is 2.33. The van der Waals surface area contributed by atoms with Crippen LogP contribution in [0.4, 0.5) is 4.79 Å². The van der Waals surface area contributed by atoms with Crippen LogP contribution in [0, 0.1) is 0 Å². The van der Waals surface area contributed by atoms with Gasteiger partial charge < -0.3 is 10.6 Å². The molecule has 0 bridgehead atoms. The molecule has 30 heavy (non-hydrogen) atoms. The first-order valence-electron chi connectivity index (χ1n) is 10.0. The summed E-state index contributed by atoms with van der Waals surface area (Å²) in [5.41, 5.74) is 10.1. The lowest BCUT2D eigenvalue weighted by atomic mass is 9.91. The second kappa shape index (κ2) is 9.10. The molecule has 3 heteroatoms. The summed E-state index contributed by atoms with van der Waals surface area (Å²) in [6, 6.07) is 39.1. The van der Waals surface area contributed by atoms with Gasteiger partial charge in [0.2, 0.25) is 0 Å². The van der Waals surface area contributed by atoms with Crippen LogP contribution in [-0.2, 0) is 0 Å². The number of rotatable bonds is 6. The molecule has 0 spiro atoms. The van der Waals surface area contributed by atoms with Crippen molar-refractivity contribution >= 4 is 6.03 Å². The van der Waals surface area contributed by atoms with E-state index >= 15 is 0 Å². The van der Waals surface area contributed by atoms with E-state index in [9.17, 15) is 4.79 Å². The molecular formula is C27H24N2O. The van der Waals surface area contributed by atoms with Gasteiger partial charge in [-0.2, -0.15) is 0 Å². The second-order valence-corrected chi connectivity index (χ2v) is 7.19. The van der Waals surface area contributed by atoms with Crippen molar-refractivity contribution in [2.75, 3.05) is 0 Å². The first kappa shape index (κ1) is 19.5. The zero-order chi connectivity index (χ0) is 20.8. The summed E-state index contributed by atoms with van der Waals surface area (Å²) >= 11 is 0. The fourth-order valence-corrected chi connectivity index (χ4v) is 3.97. The molecule has 0 unspecified atom stereocenters. The largest absolute Gasteiger partial charge is 0.351 e. The smallest absolute Gasteiger partial charge is 0.316 e. The summed E-state index contributed by atoms with van der Waals surface area (Å²) in [5, 5.41) is 0. The Morgan fingerprint density at radius 3 is 0.933 bits per heavy atom. The summed E-state index contributed by atoms with van der Waals surface area (Å²) in [4.78, 5) is 14.8. The van der Waals surface area contributed by atoms with E-state index in [1.807, 2.05) is 121 Å². The van der Waals surface area contributed by atoms with Crippen molar-refractivity contribution in [3.8, 4) is 0 Å². The van der Waals surface area contributed by atoms with E-state index < -0.39 is 6.03 Å². The zero-order valence-corrected chi connectivity index (χ0v) is 16.6. The van der Waals surface area contributed by atoms with E-state index in [1.165, 1.54) is 0 Å². The molecule has 2 amide bonds. The molecule has 0 atom stereocenters. The molecule has 0 aliphatic heterocycles. The van der Waals surface area contributed by atoms with Gasteiger partial charge in [-0.15, -0.1) is 0 Å². The van der Waals surface area contributed by atoms with E-state index in [4.69, 9.17) is 5.73 Å². The number of urea groups is 1. The molecule has 2 N–H and O–H groups in total. The van der Waals surface area contributed by atoms with Crippen LogP contribution >= 0.6 is 0 Å². The van der Waals surface area contributed by atoms with Crippen molar-refractivity contribution < 1.29 is 4.79 Å². The third-order valence-corrected chi connectivity index (χ3v) is 5.27. The predicted octanol–water partition coefficient (Wildman–Crippen LogP) is 5.95. The summed E-state index contributed by atoms with van der Waals surface area (Å²) in [7, 11) is 0. The number of primary amides is 1. The van der Waals surface area contributed by atoms with E-state index in [0.717, 1.165) is 22.3 Å². The standard InChI is InChI=1S/C27H24N2O/c28-27(30)29(25(21-13-5-1-6-14-21)22-15-7-2-8-16-22)26(23-17-9-3-10-18-23)24-19-11-4-12-20-24/h1-20,25-26H,(H2,28,30). The summed E-state index contributed by atoms with van der Waals surface area (Å²) in [6.45, 7) is 0. The van der Waals surface area contributed by atoms with Crippen LogP contribution in [0.1, 0.15) is 34.3 Å². The van der Waals surface area contributed by atoms with Gasteiger partial charge in [0.1, 0.15) is 0 Å². The number of nitrogens with two attached hydrogens (primary N) is 1. The van der Waals surface area contributed by atoms with Crippen LogP contribution in [0.3, 0.4) is 0 Å². The van der Waals surface area contributed by atoms with Crippen LogP contribution in [-0.4, -0.2) is 10.9 Å². The van der Waals surface area contributed by atoms with E-state index in [2.05, 4.69) is 0 Å². The van der Waals surface area contributed by atoms with Gasteiger partial charge in [-0.1, -0.05) is 121 Å². The third-order valence-electron chi connectivity index (χ3n) is 5.27. The molecule has 0 heterocycles. The fraction of sp³-hybridized carbons (Fsp3) is 0.0741. The first-order chi connectivity index (χ1) is 14.8. The van der Waals surface area contributed by atoms with Crippen molar-refractivity contribution in [3.63, 3.8) is 0 Å². The molecule has 0 aliphatic rings. The number of carbonyl (C=O) groups is 1. The molecule has 0 saturated heterocycles. The number of amides is 2. The highest BCUT2D eigenvalue weighted by atomic mass is 16.2. The lowest BCUT2D eigenvalue weighted by Crippen LogP contribution is -2.42. The Balaban J connectivity index is 1.93. The van der Waals surface area contributed by atoms with Crippen LogP contribution in [0.25, 0.3) is 0 Å². The average Bonchev–Trinajstić information content (AvgIpc) is 2.81. The Kier molecular flexibility index (Phi) is 5.90. The van der Waals surface area contributed by atoms with Gasteiger partial charge in [0.05, 0.1) is 12.1 Å². The van der Waals surface area contributed by atoms with Gasteiger partial charge >= 0.3 is 6.03 Å². The molecule has 148 valence electrons. The zero-order valence-electron chi connectivity index (χ0n) is 16.6. The fourth-order valence-electron chi connectivity index (χ4n) is 3.97. The van der Waals surface area contributed by atoms with Crippen molar-refractivity contribution in [1.82, 2.24) is 4.90 Å². The Labute approximate surface area is 177 Å². The molecule has 0 saturated carbocycles. The molecule has 0 fully saturated rings. The van der Waals surface area contributed by atoms with Gasteiger partial charge in [0.25, 0.3) is 0 Å². The van der Waals surface area contributed by atoms with Gasteiger partial charge in [-0.3, -0.25) is 0 Å². The van der Waals surface area contributed by atoms with Crippen molar-refractivity contribution in [1.29, 1.82) is 0 Å². The van der Waals surface area contributed by atoms with Crippen molar-refractivity contribution in [2.45, 2.75) is 12.1 Å². The minimum Gasteiger partial charge on any atom is -0.351 e. The van der Waals surface area contributed by atoms with Crippen molar-refractivity contribution in [2.24, 2.45) is 5.73 Å². The number of benzene rings is 4. The molecule has 0 aliphatic carbocycles. The predicted molar refractivity (Wildman–Crippen MR) is 121 cm³/mol. The minimum absolute atomic E-state index is 0.324. The third kappa shape index (κ3) is 4.11. The summed E-state index contributed by atoms with van der Waals surface area (Å²) < 4.78 is 0. The normalized spacial score (nSPS) is 10.9. The minimum atomic E-state index is -0.467. The topological polar surface area (TPSA) is 46.3 Å². The highest BCUT2D eigenvalue weighted by molar-refractivity contribution is 5.75. The maximum absolute atomic E-state index is 13.0. The number of hydrogen-bond acceptors (Lipinski definition) is 1. The van der Waals surface area contributed by atoms with Crippen LogP contribution in [0.2, 0.25) is 0 Å². The molecule has 4 aromatic carbocycles. The lowest BCUT2D eigenvalue weighted by molar-refractivity contribution is 0.176. The van der Waals surface area contributed by atoms with Crippen LogP contribution < -0.4 is 5.73 Å². The summed E-state index contributed by atoms with van der Waals surface area (Å²) in [5.74, 6) is 0. The Hall–Kier alpha value is -3.85. The Morgan fingerprint density at radius 1 is 0.500 bits per heavy atom. The summed E-state index contributed by atoms with van der Waals surface area (Å²) in [6.07, 6.45) is 0. The quantitative estimate of drug-likeness (QED) is 0.433. The highest BCUT2D eigenvalue weighted by Crippen LogP contribution is 2.38. The van der Waals surface area contributed by atoms with E-state index in [1.54, 1.807) is 4.90 Å². The molecule has 0 aromatic heterocycles. The average molecular weight is 393 g/mol. The number of carbonyl (C=O) groups excluding carboxylic acids is 1. The molecule has 0 radical (unpaired) electrons. The van der Waals surface area contributed by atoms with Crippen molar-refractivity contribution in [3.05, 3.63) is 144 Å².